The summed E-state index contributed by atoms with van der Waals surface area (Å²) in [4.78, 5) is 11.9. The van der Waals surface area contributed by atoms with Gasteiger partial charge in [0.15, 0.2) is 6.23 Å². The summed E-state index contributed by atoms with van der Waals surface area (Å²) in [7, 11) is 0. The Morgan fingerprint density at radius 1 is 1.00 bits per heavy atom. The highest BCUT2D eigenvalue weighted by molar-refractivity contribution is 5.74. The number of urea groups is 1. The van der Waals surface area contributed by atoms with Crippen LogP contribution in [0.25, 0.3) is 0 Å². The van der Waals surface area contributed by atoms with Crippen LogP contribution in [0.15, 0.2) is 54.6 Å². The molecule has 0 aromatic heterocycles. The molecule has 24 heavy (non-hydrogen) atoms. The number of hydrogen-bond donors (Lipinski definition) is 2. The number of hydrogen-bond acceptors (Lipinski definition) is 2. The van der Waals surface area contributed by atoms with Crippen LogP contribution in [0.4, 0.5) is 4.79 Å². The van der Waals surface area contributed by atoms with Crippen molar-refractivity contribution >= 4 is 6.03 Å². The molecular weight excluding hydrogens is 300 g/mol. The van der Waals surface area contributed by atoms with Gasteiger partial charge in [-0.1, -0.05) is 56.3 Å². The lowest BCUT2D eigenvalue weighted by atomic mass is 10.0. The average molecular weight is 326 g/mol. The van der Waals surface area contributed by atoms with Gasteiger partial charge in [-0.05, 0) is 42.5 Å². The SMILES string of the molecule is CC(NC(=O)NCCc1ccccc1)Oc1ccc(C(C)C)cc1. The van der Waals surface area contributed by atoms with Gasteiger partial charge in [-0.2, -0.15) is 0 Å². The summed E-state index contributed by atoms with van der Waals surface area (Å²) in [6.07, 6.45) is 0.409. The van der Waals surface area contributed by atoms with Gasteiger partial charge >= 0.3 is 6.03 Å². The van der Waals surface area contributed by atoms with Crippen LogP contribution in [0.2, 0.25) is 0 Å². The van der Waals surface area contributed by atoms with Gasteiger partial charge in [-0.3, -0.25) is 0 Å². The molecule has 0 fully saturated rings. The molecule has 2 N–H and O–H groups in total. The molecule has 2 rings (SSSR count). The summed E-state index contributed by atoms with van der Waals surface area (Å²) >= 11 is 0. The quantitative estimate of drug-likeness (QED) is 0.753. The molecular formula is C20H26N2O2. The first-order chi connectivity index (χ1) is 11.5. The molecule has 0 spiro atoms. The van der Waals surface area contributed by atoms with Crippen LogP contribution in [0.3, 0.4) is 0 Å². The van der Waals surface area contributed by atoms with Gasteiger partial charge in [-0.15, -0.1) is 0 Å². The number of nitrogens with one attached hydrogen (secondary N) is 2. The molecule has 4 nitrogen and oxygen atoms in total. The van der Waals surface area contributed by atoms with Crippen LogP contribution >= 0.6 is 0 Å². The minimum atomic E-state index is -0.397. The van der Waals surface area contributed by atoms with E-state index in [1.165, 1.54) is 11.1 Å². The summed E-state index contributed by atoms with van der Waals surface area (Å²) in [6, 6.07) is 17.8. The highest BCUT2D eigenvalue weighted by atomic mass is 16.5. The normalized spacial score (nSPS) is 11.8. The molecule has 0 saturated heterocycles. The third-order valence-electron chi connectivity index (χ3n) is 3.74. The zero-order valence-corrected chi connectivity index (χ0v) is 14.6. The predicted molar refractivity (Wildman–Crippen MR) is 97.3 cm³/mol. The average Bonchev–Trinajstić information content (AvgIpc) is 2.56. The van der Waals surface area contributed by atoms with Gasteiger partial charge in [0.25, 0.3) is 0 Å². The van der Waals surface area contributed by atoms with Crippen molar-refractivity contribution in [1.82, 2.24) is 10.6 Å². The topological polar surface area (TPSA) is 50.4 Å². The third-order valence-corrected chi connectivity index (χ3v) is 3.74. The fraction of sp³-hybridized carbons (Fsp3) is 0.350. The number of benzene rings is 2. The standard InChI is InChI=1S/C20H26N2O2/c1-15(2)18-9-11-19(12-10-18)24-16(3)22-20(23)21-14-13-17-7-5-4-6-8-17/h4-12,15-16H,13-14H2,1-3H3,(H2,21,22,23). The monoisotopic (exact) mass is 326 g/mol. The van der Waals surface area contributed by atoms with E-state index in [-0.39, 0.29) is 6.03 Å². The van der Waals surface area contributed by atoms with Gasteiger partial charge in [0.2, 0.25) is 0 Å². The van der Waals surface area contributed by atoms with Gasteiger partial charge in [0.1, 0.15) is 5.75 Å². The summed E-state index contributed by atoms with van der Waals surface area (Å²) in [5.74, 6) is 1.24. The molecule has 0 aliphatic heterocycles. The molecule has 2 aromatic rings. The Bertz CT molecular complexity index is 624. The minimum Gasteiger partial charge on any atom is -0.471 e. The number of rotatable bonds is 7. The Morgan fingerprint density at radius 2 is 1.67 bits per heavy atom. The second kappa shape index (κ2) is 8.96. The maximum atomic E-state index is 11.9. The zero-order chi connectivity index (χ0) is 17.4. The van der Waals surface area contributed by atoms with E-state index in [2.05, 4.69) is 24.5 Å². The molecule has 0 heterocycles. The van der Waals surface area contributed by atoms with E-state index in [0.717, 1.165) is 12.2 Å². The largest absolute Gasteiger partial charge is 0.471 e. The van der Waals surface area contributed by atoms with Crippen LogP contribution in [0, 0.1) is 0 Å². The van der Waals surface area contributed by atoms with E-state index >= 15 is 0 Å². The summed E-state index contributed by atoms with van der Waals surface area (Å²) < 4.78 is 5.71. The first-order valence-corrected chi connectivity index (χ1v) is 8.39. The van der Waals surface area contributed by atoms with Crippen LogP contribution in [0.5, 0.6) is 5.75 Å². The summed E-state index contributed by atoms with van der Waals surface area (Å²) in [5, 5.41) is 5.62. The van der Waals surface area contributed by atoms with Crippen LogP contribution < -0.4 is 15.4 Å². The fourth-order valence-corrected chi connectivity index (χ4v) is 2.37. The van der Waals surface area contributed by atoms with Crippen molar-refractivity contribution in [2.75, 3.05) is 6.54 Å². The molecule has 2 aromatic carbocycles. The number of ether oxygens (including phenoxy) is 1. The Morgan fingerprint density at radius 3 is 2.29 bits per heavy atom. The van der Waals surface area contributed by atoms with Crippen LogP contribution in [-0.2, 0) is 6.42 Å². The molecule has 2 amide bonds. The molecule has 1 atom stereocenters. The van der Waals surface area contributed by atoms with E-state index in [1.807, 2.05) is 61.5 Å². The van der Waals surface area contributed by atoms with Crippen molar-refractivity contribution in [2.24, 2.45) is 0 Å². The highest BCUT2D eigenvalue weighted by Crippen LogP contribution is 2.19. The Balaban J connectivity index is 1.71. The van der Waals surface area contributed by atoms with Gasteiger partial charge in [-0.25, -0.2) is 4.79 Å². The lowest BCUT2D eigenvalue weighted by Gasteiger charge is -2.17. The minimum absolute atomic E-state index is 0.225. The fourth-order valence-electron chi connectivity index (χ4n) is 2.37. The van der Waals surface area contributed by atoms with Crippen LogP contribution in [0.1, 0.15) is 37.8 Å². The second-order valence-electron chi connectivity index (χ2n) is 6.12. The lowest BCUT2D eigenvalue weighted by molar-refractivity contribution is 0.177. The van der Waals surface area contributed by atoms with E-state index in [1.54, 1.807) is 0 Å². The van der Waals surface area contributed by atoms with Crippen molar-refractivity contribution in [3.63, 3.8) is 0 Å². The van der Waals surface area contributed by atoms with Crippen molar-refractivity contribution in [2.45, 2.75) is 39.3 Å². The van der Waals surface area contributed by atoms with E-state index in [9.17, 15) is 4.79 Å². The molecule has 0 bridgehead atoms. The van der Waals surface area contributed by atoms with Gasteiger partial charge < -0.3 is 15.4 Å². The molecule has 0 radical (unpaired) electrons. The summed E-state index contributed by atoms with van der Waals surface area (Å²) in [5.41, 5.74) is 2.47. The Labute approximate surface area is 144 Å². The molecule has 0 aliphatic rings. The van der Waals surface area contributed by atoms with Crippen molar-refractivity contribution in [3.05, 3.63) is 65.7 Å². The van der Waals surface area contributed by atoms with E-state index in [4.69, 9.17) is 4.74 Å². The van der Waals surface area contributed by atoms with Crippen LogP contribution in [-0.4, -0.2) is 18.8 Å². The molecule has 128 valence electrons. The highest BCUT2D eigenvalue weighted by Gasteiger charge is 2.08. The van der Waals surface area contributed by atoms with Crippen molar-refractivity contribution in [1.29, 1.82) is 0 Å². The van der Waals surface area contributed by atoms with Crippen molar-refractivity contribution < 1.29 is 9.53 Å². The summed E-state index contributed by atoms with van der Waals surface area (Å²) in [6.45, 7) is 6.71. The lowest BCUT2D eigenvalue weighted by Crippen LogP contribution is -2.43. The molecule has 0 saturated carbocycles. The van der Waals surface area contributed by atoms with E-state index in [0.29, 0.717) is 12.5 Å². The Hall–Kier alpha value is -2.49. The maximum absolute atomic E-state index is 11.9. The molecule has 4 heteroatoms. The Kier molecular flexibility index (Phi) is 6.67. The van der Waals surface area contributed by atoms with Gasteiger partial charge in [0, 0.05) is 6.54 Å². The second-order valence-corrected chi connectivity index (χ2v) is 6.12. The maximum Gasteiger partial charge on any atom is 0.317 e. The predicted octanol–water partition coefficient (Wildman–Crippen LogP) is 4.08. The molecule has 1 unspecified atom stereocenters. The number of carbonyl (C=O) groups is 1. The third kappa shape index (κ3) is 5.95. The molecule has 0 aliphatic carbocycles. The first kappa shape index (κ1) is 17.9. The first-order valence-electron chi connectivity index (χ1n) is 8.39. The number of amides is 2. The van der Waals surface area contributed by atoms with Crippen molar-refractivity contribution in [3.8, 4) is 5.75 Å². The number of carbonyl (C=O) groups excluding carboxylic acids is 1. The smallest absolute Gasteiger partial charge is 0.317 e. The van der Waals surface area contributed by atoms with E-state index < -0.39 is 6.23 Å². The zero-order valence-electron chi connectivity index (χ0n) is 14.6. The van der Waals surface area contributed by atoms with Gasteiger partial charge in [0.05, 0.1) is 0 Å².